The SMILES string of the molecule is C[C]1CCC(N2CCCC2=O)CC1. The molecule has 73 valence electrons. The highest BCUT2D eigenvalue weighted by atomic mass is 16.2. The molecule has 2 heteroatoms. The van der Waals surface area contributed by atoms with Crippen LogP contribution in [-0.2, 0) is 4.79 Å². The average Bonchev–Trinajstić information content (AvgIpc) is 2.53. The molecule has 1 amide bonds. The van der Waals surface area contributed by atoms with Gasteiger partial charge in [0.05, 0.1) is 0 Å². The van der Waals surface area contributed by atoms with E-state index in [9.17, 15) is 4.79 Å². The largest absolute Gasteiger partial charge is 0.340 e. The summed E-state index contributed by atoms with van der Waals surface area (Å²) in [4.78, 5) is 13.6. The fraction of sp³-hybridized carbons (Fsp3) is 0.818. The third kappa shape index (κ3) is 1.87. The Morgan fingerprint density at radius 3 is 2.46 bits per heavy atom. The average molecular weight is 180 g/mol. The lowest BCUT2D eigenvalue weighted by molar-refractivity contribution is -0.130. The Morgan fingerprint density at radius 2 is 1.92 bits per heavy atom. The van der Waals surface area contributed by atoms with E-state index in [4.69, 9.17) is 0 Å². The molecule has 1 saturated heterocycles. The van der Waals surface area contributed by atoms with Crippen LogP contribution in [0.1, 0.15) is 45.4 Å². The number of likely N-dealkylation sites (tertiary alicyclic amines) is 1. The number of carbonyl (C=O) groups excluding carboxylic acids is 1. The van der Waals surface area contributed by atoms with Crippen molar-refractivity contribution >= 4 is 5.91 Å². The molecule has 1 aliphatic carbocycles. The smallest absolute Gasteiger partial charge is 0.222 e. The van der Waals surface area contributed by atoms with Crippen LogP contribution in [0.5, 0.6) is 0 Å². The first-order valence-electron chi connectivity index (χ1n) is 5.38. The van der Waals surface area contributed by atoms with Gasteiger partial charge in [-0.05, 0) is 38.0 Å². The molecule has 0 N–H and O–H groups in total. The van der Waals surface area contributed by atoms with Crippen LogP contribution in [0.25, 0.3) is 0 Å². The van der Waals surface area contributed by atoms with Crippen LogP contribution < -0.4 is 0 Å². The zero-order valence-electron chi connectivity index (χ0n) is 8.38. The van der Waals surface area contributed by atoms with Gasteiger partial charge in [0.25, 0.3) is 0 Å². The van der Waals surface area contributed by atoms with Gasteiger partial charge in [0.1, 0.15) is 0 Å². The van der Waals surface area contributed by atoms with Gasteiger partial charge < -0.3 is 4.90 Å². The molecule has 2 aliphatic rings. The molecule has 2 fully saturated rings. The predicted molar refractivity (Wildman–Crippen MR) is 52.1 cm³/mol. The highest BCUT2D eigenvalue weighted by molar-refractivity contribution is 5.78. The van der Waals surface area contributed by atoms with Crippen molar-refractivity contribution in [3.63, 3.8) is 0 Å². The summed E-state index contributed by atoms with van der Waals surface area (Å²) in [5.74, 6) is 2.01. The van der Waals surface area contributed by atoms with E-state index in [1.54, 1.807) is 5.92 Å². The summed E-state index contributed by atoms with van der Waals surface area (Å²) in [6.45, 7) is 3.25. The first kappa shape index (κ1) is 9.04. The van der Waals surface area contributed by atoms with Crippen LogP contribution in [0.15, 0.2) is 0 Å². The summed E-state index contributed by atoms with van der Waals surface area (Å²) in [5, 5.41) is 0. The molecule has 0 bridgehead atoms. The van der Waals surface area contributed by atoms with E-state index in [1.165, 1.54) is 25.7 Å². The van der Waals surface area contributed by atoms with Gasteiger partial charge in [-0.25, -0.2) is 0 Å². The Balaban J connectivity index is 1.90. The predicted octanol–water partition coefficient (Wildman–Crippen LogP) is 2.15. The second kappa shape index (κ2) is 3.69. The van der Waals surface area contributed by atoms with Gasteiger partial charge in [0.15, 0.2) is 0 Å². The molecule has 1 heterocycles. The zero-order chi connectivity index (χ0) is 9.26. The van der Waals surface area contributed by atoms with Crippen LogP contribution in [0.3, 0.4) is 0 Å². The minimum Gasteiger partial charge on any atom is -0.340 e. The van der Waals surface area contributed by atoms with Crippen molar-refractivity contribution in [3.05, 3.63) is 5.92 Å². The first-order chi connectivity index (χ1) is 6.27. The van der Waals surface area contributed by atoms with Gasteiger partial charge in [-0.1, -0.05) is 6.92 Å². The maximum Gasteiger partial charge on any atom is 0.222 e. The van der Waals surface area contributed by atoms with Gasteiger partial charge in [0.2, 0.25) is 5.91 Å². The zero-order valence-corrected chi connectivity index (χ0v) is 8.38. The maximum atomic E-state index is 11.5. The van der Waals surface area contributed by atoms with E-state index in [-0.39, 0.29) is 0 Å². The molecular formula is C11H18NO. The molecule has 13 heavy (non-hydrogen) atoms. The van der Waals surface area contributed by atoms with Crippen molar-refractivity contribution in [2.45, 2.75) is 51.5 Å². The van der Waals surface area contributed by atoms with E-state index in [0.717, 1.165) is 19.4 Å². The van der Waals surface area contributed by atoms with Gasteiger partial charge in [0, 0.05) is 19.0 Å². The van der Waals surface area contributed by atoms with Crippen molar-refractivity contribution in [2.75, 3.05) is 6.54 Å². The summed E-state index contributed by atoms with van der Waals surface area (Å²) in [7, 11) is 0. The Hall–Kier alpha value is -0.530. The van der Waals surface area contributed by atoms with Gasteiger partial charge >= 0.3 is 0 Å². The number of carbonyl (C=O) groups is 1. The molecule has 1 radical (unpaired) electrons. The third-order valence-corrected chi connectivity index (χ3v) is 3.36. The van der Waals surface area contributed by atoms with Crippen LogP contribution in [0.4, 0.5) is 0 Å². The first-order valence-corrected chi connectivity index (χ1v) is 5.38. The normalized spacial score (nSPS) is 27.2. The minimum atomic E-state index is 0.393. The van der Waals surface area contributed by atoms with E-state index < -0.39 is 0 Å². The molecule has 0 unspecified atom stereocenters. The van der Waals surface area contributed by atoms with Crippen molar-refractivity contribution in [1.82, 2.24) is 4.90 Å². The van der Waals surface area contributed by atoms with Crippen molar-refractivity contribution in [2.24, 2.45) is 0 Å². The summed E-state index contributed by atoms with van der Waals surface area (Å²) < 4.78 is 0. The Kier molecular flexibility index (Phi) is 2.56. The molecule has 0 atom stereocenters. The lowest BCUT2D eigenvalue weighted by Crippen LogP contribution is -2.38. The lowest BCUT2D eigenvalue weighted by Gasteiger charge is -2.33. The van der Waals surface area contributed by atoms with Crippen LogP contribution >= 0.6 is 0 Å². The van der Waals surface area contributed by atoms with Crippen LogP contribution in [-0.4, -0.2) is 23.4 Å². The summed E-state index contributed by atoms with van der Waals surface area (Å²) in [6, 6.07) is 0.568. The van der Waals surface area contributed by atoms with Crippen molar-refractivity contribution in [1.29, 1.82) is 0 Å². The van der Waals surface area contributed by atoms with Crippen molar-refractivity contribution < 1.29 is 4.79 Å². The molecule has 0 aromatic carbocycles. The second-order valence-electron chi connectivity index (χ2n) is 4.38. The molecule has 2 nitrogen and oxygen atoms in total. The Labute approximate surface area is 80.3 Å². The Morgan fingerprint density at radius 1 is 1.23 bits per heavy atom. The van der Waals surface area contributed by atoms with E-state index >= 15 is 0 Å². The van der Waals surface area contributed by atoms with Crippen molar-refractivity contribution in [3.8, 4) is 0 Å². The molecule has 1 saturated carbocycles. The highest BCUT2D eigenvalue weighted by Gasteiger charge is 2.30. The number of amides is 1. The number of nitrogens with zero attached hydrogens (tertiary/aromatic N) is 1. The number of hydrogen-bond acceptors (Lipinski definition) is 1. The third-order valence-electron chi connectivity index (χ3n) is 3.36. The molecule has 0 spiro atoms. The highest BCUT2D eigenvalue weighted by Crippen LogP contribution is 2.30. The fourth-order valence-electron chi connectivity index (χ4n) is 2.46. The number of hydrogen-bond donors (Lipinski definition) is 0. The lowest BCUT2D eigenvalue weighted by atomic mass is 9.87. The van der Waals surface area contributed by atoms with Gasteiger partial charge in [-0.15, -0.1) is 0 Å². The van der Waals surface area contributed by atoms with Crippen LogP contribution in [0.2, 0.25) is 0 Å². The van der Waals surface area contributed by atoms with E-state index in [0.29, 0.717) is 11.9 Å². The monoisotopic (exact) mass is 180 g/mol. The molecule has 0 aromatic heterocycles. The van der Waals surface area contributed by atoms with Gasteiger partial charge in [-0.3, -0.25) is 4.79 Å². The fourth-order valence-corrected chi connectivity index (χ4v) is 2.46. The number of rotatable bonds is 1. The second-order valence-corrected chi connectivity index (χ2v) is 4.38. The van der Waals surface area contributed by atoms with Gasteiger partial charge in [-0.2, -0.15) is 0 Å². The topological polar surface area (TPSA) is 20.3 Å². The minimum absolute atomic E-state index is 0.393. The maximum absolute atomic E-state index is 11.5. The summed E-state index contributed by atoms with van der Waals surface area (Å²) in [5.41, 5.74) is 0. The van der Waals surface area contributed by atoms with E-state index in [2.05, 4.69) is 11.8 Å². The summed E-state index contributed by atoms with van der Waals surface area (Å²) in [6.07, 6.45) is 6.75. The van der Waals surface area contributed by atoms with E-state index in [1.807, 2.05) is 0 Å². The molecule has 0 aromatic rings. The summed E-state index contributed by atoms with van der Waals surface area (Å²) >= 11 is 0. The quantitative estimate of drug-likeness (QED) is 0.605. The standard InChI is InChI=1S/C11H18NO/c1-9-4-6-10(7-5-9)12-8-2-3-11(12)13/h10H,2-8H2,1H3. The van der Waals surface area contributed by atoms with Crippen LogP contribution in [0, 0.1) is 5.92 Å². The molecule has 2 rings (SSSR count). The molecular weight excluding hydrogens is 162 g/mol. The molecule has 1 aliphatic heterocycles. The Bertz CT molecular complexity index is 194.